The third-order valence-electron chi connectivity index (χ3n) is 1.63. The minimum Gasteiger partial charge on any atom is -0.408 e. The van der Waals surface area contributed by atoms with Gasteiger partial charge in [0.05, 0.1) is 0 Å². The molecule has 0 spiro atoms. The van der Waals surface area contributed by atoms with Crippen LogP contribution in [0.1, 0.15) is 41.5 Å². The third-order valence-corrected chi connectivity index (χ3v) is 1.63. The number of rotatable bonds is 4. The zero-order valence-corrected chi connectivity index (χ0v) is 11.5. The summed E-state index contributed by atoms with van der Waals surface area (Å²) >= 11 is 0. The number of carbonyl (C=O) groups excluding carboxylic acids is 3. The van der Waals surface area contributed by atoms with Gasteiger partial charge < -0.3 is 20.1 Å². The van der Waals surface area contributed by atoms with E-state index in [1.54, 1.807) is 0 Å². The highest BCUT2D eigenvalue weighted by Crippen LogP contribution is 2.11. The second kappa shape index (κ2) is 5.70. The molecule has 7 nitrogen and oxygen atoms in total. The Bertz CT molecular complexity index is 317. The summed E-state index contributed by atoms with van der Waals surface area (Å²) in [5.74, 6) is -0.678. The van der Waals surface area contributed by atoms with Gasteiger partial charge in [0.2, 0.25) is 11.8 Å². The molecular weight excluding hydrogens is 240 g/mol. The van der Waals surface area contributed by atoms with E-state index in [9.17, 15) is 14.4 Å². The van der Waals surface area contributed by atoms with E-state index in [2.05, 4.69) is 10.6 Å². The number of amides is 2. The Kier molecular flexibility index (Phi) is 5.13. The highest BCUT2D eigenvalue weighted by molar-refractivity contribution is 5.74. The third kappa shape index (κ3) is 7.48. The molecule has 0 bridgehead atoms. The van der Waals surface area contributed by atoms with Gasteiger partial charge in [-0.1, -0.05) is 0 Å². The number of nitrogens with one attached hydrogen (secondary N) is 2. The molecule has 2 amide bonds. The monoisotopic (exact) mass is 260 g/mol. The first kappa shape index (κ1) is 16.2. The van der Waals surface area contributed by atoms with Gasteiger partial charge in [0.1, 0.15) is 0 Å². The summed E-state index contributed by atoms with van der Waals surface area (Å²) in [6.07, 6.45) is -0.993. The molecule has 0 aromatic carbocycles. The average Bonchev–Trinajstić information content (AvgIpc) is 1.92. The maximum Gasteiger partial charge on any atom is 0.512 e. The zero-order chi connectivity index (χ0) is 14.6. The fraction of sp³-hybridized carbons (Fsp3) is 0.727. The van der Waals surface area contributed by atoms with Gasteiger partial charge in [0.25, 0.3) is 0 Å². The van der Waals surface area contributed by atoms with Gasteiger partial charge in [-0.05, 0) is 27.7 Å². The minimum absolute atomic E-state index is 0.339. The van der Waals surface area contributed by atoms with Crippen LogP contribution in [-0.4, -0.2) is 29.4 Å². The van der Waals surface area contributed by atoms with Crippen LogP contribution >= 0.6 is 0 Å². The van der Waals surface area contributed by atoms with Crippen LogP contribution in [0.5, 0.6) is 0 Å². The van der Waals surface area contributed by atoms with Gasteiger partial charge >= 0.3 is 6.16 Å². The molecule has 104 valence electrons. The van der Waals surface area contributed by atoms with E-state index in [1.165, 1.54) is 41.5 Å². The maximum atomic E-state index is 11.5. The lowest BCUT2D eigenvalue weighted by Crippen LogP contribution is -2.50. The van der Waals surface area contributed by atoms with Crippen LogP contribution in [0.15, 0.2) is 0 Å². The number of hydrogen-bond acceptors (Lipinski definition) is 5. The van der Waals surface area contributed by atoms with Crippen molar-refractivity contribution >= 4 is 18.0 Å². The average molecular weight is 260 g/mol. The van der Waals surface area contributed by atoms with E-state index in [1.807, 2.05) is 0 Å². The van der Waals surface area contributed by atoms with Gasteiger partial charge in [-0.25, -0.2) is 4.79 Å². The van der Waals surface area contributed by atoms with Crippen molar-refractivity contribution in [2.24, 2.45) is 0 Å². The first-order valence-electron chi connectivity index (χ1n) is 5.43. The molecule has 0 aromatic heterocycles. The molecule has 0 aliphatic rings. The summed E-state index contributed by atoms with van der Waals surface area (Å²) in [5, 5.41) is 4.85. The standard InChI is InChI=1S/C11H20N2O5/c1-7(14)12-10(3,4)17-9(16)18-11(5,6)13-8(2)15/h1-6H3,(H,12,14)(H,13,15). The van der Waals surface area contributed by atoms with Gasteiger partial charge in [-0.2, -0.15) is 0 Å². The molecule has 18 heavy (non-hydrogen) atoms. The first-order chi connectivity index (χ1) is 7.93. The normalized spacial score (nSPS) is 11.4. The Morgan fingerprint density at radius 3 is 1.28 bits per heavy atom. The van der Waals surface area contributed by atoms with Crippen molar-refractivity contribution in [3.63, 3.8) is 0 Å². The zero-order valence-electron chi connectivity index (χ0n) is 11.5. The van der Waals surface area contributed by atoms with Crippen molar-refractivity contribution in [2.75, 3.05) is 0 Å². The SMILES string of the molecule is CC(=O)NC(C)(C)OC(=O)OC(C)(C)NC(C)=O. The second-order valence-corrected chi connectivity index (χ2v) is 4.84. The number of hydrogen-bond donors (Lipinski definition) is 2. The fourth-order valence-electron chi connectivity index (χ4n) is 1.34. The van der Waals surface area contributed by atoms with E-state index in [0.29, 0.717) is 0 Å². The van der Waals surface area contributed by atoms with E-state index >= 15 is 0 Å². The van der Waals surface area contributed by atoms with Crippen molar-refractivity contribution < 1.29 is 23.9 Å². The van der Waals surface area contributed by atoms with Crippen LogP contribution in [0.3, 0.4) is 0 Å². The Hall–Kier alpha value is -1.79. The highest BCUT2D eigenvalue weighted by Gasteiger charge is 2.30. The van der Waals surface area contributed by atoms with Crippen LogP contribution in [0.4, 0.5) is 4.79 Å². The van der Waals surface area contributed by atoms with E-state index in [0.717, 1.165) is 0 Å². The molecule has 0 saturated heterocycles. The molecule has 0 aliphatic heterocycles. The fourth-order valence-corrected chi connectivity index (χ4v) is 1.34. The lowest BCUT2D eigenvalue weighted by atomic mass is 10.3. The van der Waals surface area contributed by atoms with Gasteiger partial charge in [0.15, 0.2) is 11.4 Å². The van der Waals surface area contributed by atoms with Gasteiger partial charge in [-0.15, -0.1) is 0 Å². The molecule has 0 unspecified atom stereocenters. The van der Waals surface area contributed by atoms with Gasteiger partial charge in [0, 0.05) is 13.8 Å². The Morgan fingerprint density at radius 2 is 1.06 bits per heavy atom. The second-order valence-electron chi connectivity index (χ2n) is 4.84. The maximum absolute atomic E-state index is 11.5. The molecule has 0 aromatic rings. The van der Waals surface area contributed by atoms with Gasteiger partial charge in [-0.3, -0.25) is 9.59 Å². The van der Waals surface area contributed by atoms with Crippen LogP contribution < -0.4 is 10.6 Å². The molecule has 0 fully saturated rings. The first-order valence-corrected chi connectivity index (χ1v) is 5.43. The number of carbonyl (C=O) groups is 3. The quantitative estimate of drug-likeness (QED) is 0.578. The van der Waals surface area contributed by atoms with Crippen molar-refractivity contribution in [3.05, 3.63) is 0 Å². The molecule has 0 atom stereocenters. The van der Waals surface area contributed by atoms with Crippen molar-refractivity contribution in [1.29, 1.82) is 0 Å². The topological polar surface area (TPSA) is 93.7 Å². The molecule has 0 aliphatic carbocycles. The van der Waals surface area contributed by atoms with E-state index in [4.69, 9.17) is 9.47 Å². The van der Waals surface area contributed by atoms with E-state index in [-0.39, 0.29) is 11.8 Å². The minimum atomic E-state index is -1.19. The van der Waals surface area contributed by atoms with Crippen molar-refractivity contribution in [1.82, 2.24) is 10.6 Å². The van der Waals surface area contributed by atoms with Crippen LogP contribution in [-0.2, 0) is 19.1 Å². The predicted molar refractivity (Wildman–Crippen MR) is 63.4 cm³/mol. The summed E-state index contributed by atoms with van der Waals surface area (Å²) in [7, 11) is 0. The largest absolute Gasteiger partial charge is 0.512 e. The summed E-state index contributed by atoms with van der Waals surface area (Å²) in [6.45, 7) is 8.61. The lowest BCUT2D eigenvalue weighted by Gasteiger charge is -2.29. The molecule has 7 heteroatoms. The summed E-state index contributed by atoms with van der Waals surface area (Å²) in [6, 6.07) is 0. The smallest absolute Gasteiger partial charge is 0.408 e. The molecule has 0 radical (unpaired) electrons. The van der Waals surface area contributed by atoms with E-state index < -0.39 is 17.6 Å². The summed E-state index contributed by atoms with van der Waals surface area (Å²) in [4.78, 5) is 33.2. The lowest BCUT2D eigenvalue weighted by molar-refractivity contribution is -0.131. The molecule has 0 saturated carbocycles. The Balaban J connectivity index is 4.42. The predicted octanol–water partition coefficient (Wildman–Crippen LogP) is 0.884. The highest BCUT2D eigenvalue weighted by atomic mass is 16.8. The molecular formula is C11H20N2O5. The Labute approximate surface area is 106 Å². The Morgan fingerprint density at radius 1 is 0.778 bits per heavy atom. The summed E-state index contributed by atoms with van der Waals surface area (Å²) < 4.78 is 9.84. The van der Waals surface area contributed by atoms with Crippen LogP contribution in [0, 0.1) is 0 Å². The van der Waals surface area contributed by atoms with Crippen LogP contribution in [0.2, 0.25) is 0 Å². The van der Waals surface area contributed by atoms with Crippen molar-refractivity contribution in [3.8, 4) is 0 Å². The molecule has 2 N–H and O–H groups in total. The molecule has 0 heterocycles. The van der Waals surface area contributed by atoms with Crippen LogP contribution in [0.25, 0.3) is 0 Å². The number of ether oxygens (including phenoxy) is 2. The van der Waals surface area contributed by atoms with Crippen molar-refractivity contribution in [2.45, 2.75) is 53.0 Å². The molecule has 0 rings (SSSR count). The summed E-state index contributed by atoms with van der Waals surface area (Å²) in [5.41, 5.74) is -2.37.